The van der Waals surface area contributed by atoms with Gasteiger partial charge < -0.3 is 14.8 Å². The van der Waals surface area contributed by atoms with Gasteiger partial charge in [-0.15, -0.1) is 11.3 Å². The molecule has 0 fully saturated rings. The van der Waals surface area contributed by atoms with Gasteiger partial charge in [0.05, 0.1) is 25.0 Å². The van der Waals surface area contributed by atoms with Crippen molar-refractivity contribution in [2.75, 3.05) is 19.0 Å². The number of amides is 1. The van der Waals surface area contributed by atoms with Crippen molar-refractivity contribution in [3.05, 3.63) is 52.0 Å². The lowest BCUT2D eigenvalue weighted by atomic mass is 10.1. The highest BCUT2D eigenvalue weighted by atomic mass is 32.1. The standard InChI is InChI=1S/C20H20N2O4S/c1-5-26-20(24)17-16(15-11(2)10-12(3)21-19(15)27-17)22-18(23)13-8-6-7-9-14(13)25-4/h6-10H,5H2,1-4H3,(H,22,23). The fourth-order valence-corrected chi connectivity index (χ4v) is 4.06. The fourth-order valence-electron chi connectivity index (χ4n) is 2.91. The smallest absolute Gasteiger partial charge is 0.350 e. The number of hydrogen-bond donors (Lipinski definition) is 1. The van der Waals surface area contributed by atoms with Gasteiger partial charge in [0.25, 0.3) is 5.91 Å². The largest absolute Gasteiger partial charge is 0.496 e. The summed E-state index contributed by atoms with van der Waals surface area (Å²) in [6.07, 6.45) is 0. The number of nitrogens with one attached hydrogen (secondary N) is 1. The van der Waals surface area contributed by atoms with Crippen LogP contribution in [-0.4, -0.2) is 30.6 Å². The maximum atomic E-state index is 12.9. The lowest BCUT2D eigenvalue weighted by molar-refractivity contribution is 0.0533. The SMILES string of the molecule is CCOC(=O)c1sc2nc(C)cc(C)c2c1NC(=O)c1ccccc1OC. The first-order valence-electron chi connectivity index (χ1n) is 8.48. The lowest BCUT2D eigenvalue weighted by Crippen LogP contribution is -2.15. The number of hydrogen-bond acceptors (Lipinski definition) is 6. The zero-order chi connectivity index (χ0) is 19.6. The average molecular weight is 384 g/mol. The molecule has 3 rings (SSSR count). The third-order valence-electron chi connectivity index (χ3n) is 4.04. The van der Waals surface area contributed by atoms with E-state index >= 15 is 0 Å². The molecular weight excluding hydrogens is 364 g/mol. The molecule has 1 amide bonds. The molecule has 0 atom stereocenters. The third kappa shape index (κ3) is 3.64. The quantitative estimate of drug-likeness (QED) is 0.662. The number of pyridine rings is 1. The van der Waals surface area contributed by atoms with Crippen LogP contribution in [0.1, 0.15) is 38.2 Å². The van der Waals surface area contributed by atoms with Gasteiger partial charge in [-0.1, -0.05) is 12.1 Å². The number of methoxy groups -OCH3 is 1. The van der Waals surface area contributed by atoms with Crippen molar-refractivity contribution in [1.82, 2.24) is 4.98 Å². The maximum absolute atomic E-state index is 12.9. The molecule has 1 N–H and O–H groups in total. The molecule has 0 aliphatic carbocycles. The molecule has 0 spiro atoms. The summed E-state index contributed by atoms with van der Waals surface area (Å²) >= 11 is 1.22. The average Bonchev–Trinajstić information content (AvgIpc) is 3.00. The number of nitrogens with zero attached hydrogens (tertiary/aromatic N) is 1. The second kappa shape index (κ2) is 7.75. The Morgan fingerprint density at radius 1 is 1.22 bits per heavy atom. The molecule has 0 saturated heterocycles. The number of benzene rings is 1. The van der Waals surface area contributed by atoms with Crippen LogP contribution in [0.15, 0.2) is 30.3 Å². The molecule has 1 aromatic carbocycles. The first-order valence-corrected chi connectivity index (χ1v) is 9.30. The second-order valence-corrected chi connectivity index (χ2v) is 6.94. The van der Waals surface area contributed by atoms with E-state index in [0.717, 1.165) is 16.6 Å². The Morgan fingerprint density at radius 3 is 2.67 bits per heavy atom. The Kier molecular flexibility index (Phi) is 5.41. The number of carbonyl (C=O) groups excluding carboxylic acids is 2. The predicted molar refractivity (Wildman–Crippen MR) is 106 cm³/mol. The van der Waals surface area contributed by atoms with E-state index < -0.39 is 5.97 Å². The molecule has 0 aliphatic heterocycles. The fraction of sp³-hybridized carbons (Fsp3) is 0.250. The highest BCUT2D eigenvalue weighted by Crippen LogP contribution is 2.38. The Hall–Kier alpha value is -2.93. The Morgan fingerprint density at radius 2 is 1.96 bits per heavy atom. The lowest BCUT2D eigenvalue weighted by Gasteiger charge is -2.11. The van der Waals surface area contributed by atoms with Crippen LogP contribution in [0.3, 0.4) is 0 Å². The minimum atomic E-state index is -0.479. The number of esters is 1. The predicted octanol–water partition coefficient (Wildman–Crippen LogP) is 4.35. The van der Waals surface area contributed by atoms with Crippen LogP contribution in [0.2, 0.25) is 0 Å². The first kappa shape index (κ1) is 18.8. The van der Waals surface area contributed by atoms with E-state index in [1.165, 1.54) is 18.4 Å². The number of fused-ring (bicyclic) bond motifs is 1. The molecule has 7 heteroatoms. The summed E-state index contributed by atoms with van der Waals surface area (Å²) in [7, 11) is 1.51. The molecule has 2 heterocycles. The monoisotopic (exact) mass is 384 g/mol. The summed E-state index contributed by atoms with van der Waals surface area (Å²) in [5.74, 6) is -0.386. The van der Waals surface area contributed by atoms with Gasteiger partial charge in [0.1, 0.15) is 15.5 Å². The van der Waals surface area contributed by atoms with Gasteiger partial charge in [0, 0.05) is 11.1 Å². The maximum Gasteiger partial charge on any atom is 0.350 e. The Labute approximate surface area is 161 Å². The third-order valence-corrected chi connectivity index (χ3v) is 5.10. The number of ether oxygens (including phenoxy) is 2. The van der Waals surface area contributed by atoms with Crippen LogP contribution in [0, 0.1) is 13.8 Å². The molecule has 3 aromatic rings. The summed E-state index contributed by atoms with van der Waals surface area (Å²) < 4.78 is 10.4. The van der Waals surface area contributed by atoms with Gasteiger partial charge in [-0.05, 0) is 44.5 Å². The van der Waals surface area contributed by atoms with Crippen LogP contribution in [-0.2, 0) is 4.74 Å². The van der Waals surface area contributed by atoms with Crippen molar-refractivity contribution in [2.45, 2.75) is 20.8 Å². The molecular formula is C20H20N2O4S. The van der Waals surface area contributed by atoms with Crippen LogP contribution in [0.5, 0.6) is 5.75 Å². The number of rotatable bonds is 5. The van der Waals surface area contributed by atoms with Crippen molar-refractivity contribution in [1.29, 1.82) is 0 Å². The molecule has 0 saturated carbocycles. The van der Waals surface area contributed by atoms with Gasteiger partial charge in [-0.25, -0.2) is 9.78 Å². The van der Waals surface area contributed by atoms with Gasteiger partial charge >= 0.3 is 5.97 Å². The molecule has 140 valence electrons. The van der Waals surface area contributed by atoms with Crippen molar-refractivity contribution < 1.29 is 19.1 Å². The molecule has 27 heavy (non-hydrogen) atoms. The molecule has 0 aliphatic rings. The van der Waals surface area contributed by atoms with Gasteiger partial charge in [0.15, 0.2) is 0 Å². The molecule has 0 bridgehead atoms. The number of thiophene rings is 1. The van der Waals surface area contributed by atoms with Crippen molar-refractivity contribution >= 4 is 39.1 Å². The van der Waals surface area contributed by atoms with E-state index in [4.69, 9.17) is 9.47 Å². The van der Waals surface area contributed by atoms with E-state index in [9.17, 15) is 9.59 Å². The number of para-hydroxylation sites is 1. The van der Waals surface area contributed by atoms with E-state index in [1.807, 2.05) is 19.9 Å². The highest BCUT2D eigenvalue weighted by molar-refractivity contribution is 7.21. The molecule has 2 aromatic heterocycles. The van der Waals surface area contributed by atoms with Gasteiger partial charge in [-0.2, -0.15) is 0 Å². The first-order chi connectivity index (χ1) is 13.0. The van der Waals surface area contributed by atoms with E-state index in [1.54, 1.807) is 31.2 Å². The molecule has 0 unspecified atom stereocenters. The van der Waals surface area contributed by atoms with Gasteiger partial charge in [-0.3, -0.25) is 4.79 Å². The second-order valence-electron chi connectivity index (χ2n) is 5.94. The highest BCUT2D eigenvalue weighted by Gasteiger charge is 2.24. The van der Waals surface area contributed by atoms with Crippen molar-refractivity contribution in [2.24, 2.45) is 0 Å². The normalized spacial score (nSPS) is 10.7. The molecule has 0 radical (unpaired) electrons. The number of carbonyl (C=O) groups is 2. The minimum Gasteiger partial charge on any atom is -0.496 e. The van der Waals surface area contributed by atoms with Crippen LogP contribution in [0.25, 0.3) is 10.2 Å². The van der Waals surface area contributed by atoms with Crippen molar-refractivity contribution in [3.8, 4) is 5.75 Å². The summed E-state index contributed by atoms with van der Waals surface area (Å²) in [5, 5.41) is 3.62. The molecule has 6 nitrogen and oxygen atoms in total. The van der Waals surface area contributed by atoms with E-state index in [0.29, 0.717) is 26.7 Å². The Balaban J connectivity index is 2.12. The zero-order valence-electron chi connectivity index (χ0n) is 15.6. The number of aryl methyl sites for hydroxylation is 2. The van der Waals surface area contributed by atoms with E-state index in [-0.39, 0.29) is 12.5 Å². The minimum absolute atomic E-state index is 0.248. The summed E-state index contributed by atoms with van der Waals surface area (Å²) in [5.41, 5.74) is 2.58. The zero-order valence-corrected chi connectivity index (χ0v) is 16.4. The topological polar surface area (TPSA) is 77.5 Å². The number of aromatic nitrogens is 1. The van der Waals surface area contributed by atoms with Crippen LogP contribution >= 0.6 is 11.3 Å². The Bertz CT molecular complexity index is 1030. The van der Waals surface area contributed by atoms with Crippen molar-refractivity contribution in [3.63, 3.8) is 0 Å². The van der Waals surface area contributed by atoms with Crippen LogP contribution in [0.4, 0.5) is 5.69 Å². The summed E-state index contributed by atoms with van der Waals surface area (Å²) in [4.78, 5) is 30.9. The number of anilines is 1. The van der Waals surface area contributed by atoms with E-state index in [2.05, 4.69) is 10.3 Å². The summed E-state index contributed by atoms with van der Waals surface area (Å²) in [6, 6.07) is 8.84. The van der Waals surface area contributed by atoms with Crippen LogP contribution < -0.4 is 10.1 Å². The summed E-state index contributed by atoms with van der Waals surface area (Å²) in [6.45, 7) is 5.81. The van der Waals surface area contributed by atoms with Gasteiger partial charge in [0.2, 0.25) is 0 Å².